The molecule has 0 aromatic carbocycles. The number of pyridine rings is 1. The van der Waals surface area contributed by atoms with Crippen molar-refractivity contribution in [1.29, 1.82) is 0 Å². The summed E-state index contributed by atoms with van der Waals surface area (Å²) in [5.74, 6) is 0.529. The van der Waals surface area contributed by atoms with E-state index in [0.717, 1.165) is 31.0 Å². The van der Waals surface area contributed by atoms with E-state index in [1.54, 1.807) is 0 Å². The summed E-state index contributed by atoms with van der Waals surface area (Å²) in [5, 5.41) is 0. The summed E-state index contributed by atoms with van der Waals surface area (Å²) >= 11 is 0. The topological polar surface area (TPSA) is 23.7 Å². The van der Waals surface area contributed by atoms with Crippen molar-refractivity contribution in [2.45, 2.75) is 19.9 Å². The molecule has 0 N–H and O–H groups in total. The minimum absolute atomic E-state index is 0.517. The molecule has 0 amide bonds. The maximum absolute atomic E-state index is 7.22. The Morgan fingerprint density at radius 3 is 2.82 bits per heavy atom. The van der Waals surface area contributed by atoms with Crippen molar-refractivity contribution in [2.75, 3.05) is 31.6 Å². The van der Waals surface area contributed by atoms with Gasteiger partial charge in [0.05, 0.1) is 5.69 Å². The Bertz CT molecular complexity index is 449. The molecule has 1 saturated heterocycles. The summed E-state index contributed by atoms with van der Waals surface area (Å²) < 4.78 is 0. The van der Waals surface area contributed by atoms with Crippen LogP contribution in [0.5, 0.6) is 0 Å². The van der Waals surface area contributed by atoms with Crippen LogP contribution in [0.15, 0.2) is 12.1 Å². The Kier molecular flexibility index (Phi) is 3.30. The van der Waals surface area contributed by atoms with Crippen LogP contribution >= 0.6 is 0 Å². The smallest absolute Gasteiger partial charge is 0.293 e. The molecule has 0 aliphatic carbocycles. The van der Waals surface area contributed by atoms with Gasteiger partial charge in [-0.3, -0.25) is 0 Å². The second-order valence-electron chi connectivity index (χ2n) is 4.68. The van der Waals surface area contributed by atoms with Gasteiger partial charge in [-0.25, -0.2) is 0 Å². The lowest BCUT2D eigenvalue weighted by Gasteiger charge is -2.39. The fourth-order valence-electron chi connectivity index (χ4n) is 2.13. The van der Waals surface area contributed by atoms with Gasteiger partial charge in [0.1, 0.15) is 5.69 Å². The van der Waals surface area contributed by atoms with Crippen molar-refractivity contribution >= 4 is 11.5 Å². The summed E-state index contributed by atoms with van der Waals surface area (Å²) in [4.78, 5) is 12.4. The summed E-state index contributed by atoms with van der Waals surface area (Å²) in [6.07, 6.45) is 0. The van der Waals surface area contributed by atoms with Crippen molar-refractivity contribution in [3.63, 3.8) is 0 Å². The van der Waals surface area contributed by atoms with Gasteiger partial charge in [0.2, 0.25) is 0 Å². The molecular weight excluding hydrogens is 212 g/mol. The van der Waals surface area contributed by atoms with Crippen LogP contribution in [0.4, 0.5) is 11.5 Å². The van der Waals surface area contributed by atoms with Gasteiger partial charge >= 0.3 is 0 Å². The number of nitrogens with zero attached hydrogens (tertiary/aromatic N) is 4. The summed E-state index contributed by atoms with van der Waals surface area (Å²) in [6.45, 7) is 14.3. The highest BCUT2D eigenvalue weighted by Crippen LogP contribution is 2.28. The number of aryl methyl sites for hydroxylation is 1. The van der Waals surface area contributed by atoms with Crippen LogP contribution in [0.25, 0.3) is 4.85 Å². The van der Waals surface area contributed by atoms with Gasteiger partial charge in [0.15, 0.2) is 0 Å². The lowest BCUT2D eigenvalue weighted by atomic mass is 10.2. The van der Waals surface area contributed by atoms with Crippen LogP contribution in [0.3, 0.4) is 0 Å². The first-order valence-corrected chi connectivity index (χ1v) is 5.92. The predicted octanol–water partition coefficient (Wildman–Crippen LogP) is 2.08. The largest absolute Gasteiger partial charge is 0.376 e. The Morgan fingerprint density at radius 2 is 2.18 bits per heavy atom. The SMILES string of the molecule is [C-]#[N+]c1nc(C)ccc1N1CCN(C)C(C)C1. The lowest BCUT2D eigenvalue weighted by molar-refractivity contribution is 0.234. The third-order valence-corrected chi connectivity index (χ3v) is 3.40. The van der Waals surface area contributed by atoms with E-state index < -0.39 is 0 Å². The molecular formula is C13H18N4. The van der Waals surface area contributed by atoms with Crippen molar-refractivity contribution < 1.29 is 0 Å². The first-order valence-electron chi connectivity index (χ1n) is 5.92. The van der Waals surface area contributed by atoms with Crippen molar-refractivity contribution in [1.82, 2.24) is 9.88 Å². The van der Waals surface area contributed by atoms with Gasteiger partial charge in [-0.2, -0.15) is 0 Å². The molecule has 4 heteroatoms. The Balaban J connectivity index is 2.26. The van der Waals surface area contributed by atoms with Crippen LogP contribution in [-0.2, 0) is 0 Å². The molecule has 1 aliphatic heterocycles. The molecule has 1 aromatic rings. The Morgan fingerprint density at radius 1 is 1.41 bits per heavy atom. The van der Waals surface area contributed by atoms with Crippen LogP contribution < -0.4 is 4.90 Å². The number of piperazine rings is 1. The molecule has 1 fully saturated rings. The first kappa shape index (κ1) is 11.9. The molecule has 0 radical (unpaired) electrons. The zero-order valence-corrected chi connectivity index (χ0v) is 10.6. The first-order chi connectivity index (χ1) is 8.11. The molecule has 0 spiro atoms. The molecule has 2 heterocycles. The standard InChI is InChI=1S/C13H18N4/c1-10-5-6-12(13(14-3)15-10)17-8-7-16(4)11(2)9-17/h5-6,11H,7-9H2,1-2,4H3. The van der Waals surface area contributed by atoms with E-state index in [2.05, 4.69) is 33.6 Å². The molecule has 17 heavy (non-hydrogen) atoms. The average Bonchev–Trinajstić information content (AvgIpc) is 2.32. The number of aromatic nitrogens is 1. The maximum atomic E-state index is 7.22. The quantitative estimate of drug-likeness (QED) is 0.690. The van der Waals surface area contributed by atoms with Crippen molar-refractivity contribution in [3.8, 4) is 0 Å². The van der Waals surface area contributed by atoms with Crippen molar-refractivity contribution in [2.24, 2.45) is 0 Å². The molecule has 4 nitrogen and oxygen atoms in total. The molecule has 1 aromatic heterocycles. The molecule has 90 valence electrons. The van der Waals surface area contributed by atoms with E-state index in [-0.39, 0.29) is 0 Å². The van der Waals surface area contributed by atoms with E-state index in [1.165, 1.54) is 0 Å². The lowest BCUT2D eigenvalue weighted by Crippen LogP contribution is -2.50. The van der Waals surface area contributed by atoms with E-state index >= 15 is 0 Å². The van der Waals surface area contributed by atoms with Gasteiger partial charge < -0.3 is 14.6 Å². The minimum atomic E-state index is 0.517. The van der Waals surface area contributed by atoms with Gasteiger partial charge in [-0.1, -0.05) is 6.57 Å². The Labute approximate surface area is 103 Å². The number of hydrogen-bond donors (Lipinski definition) is 0. The summed E-state index contributed by atoms with van der Waals surface area (Å²) in [7, 11) is 2.14. The van der Waals surface area contributed by atoms with Crippen LogP contribution in [0, 0.1) is 13.5 Å². The van der Waals surface area contributed by atoms with Crippen molar-refractivity contribution in [3.05, 3.63) is 29.2 Å². The van der Waals surface area contributed by atoms with E-state index in [0.29, 0.717) is 11.9 Å². The van der Waals surface area contributed by atoms with E-state index in [9.17, 15) is 0 Å². The van der Waals surface area contributed by atoms with Gasteiger partial charge in [0.25, 0.3) is 5.82 Å². The molecule has 1 atom stereocenters. The fraction of sp³-hybridized carbons (Fsp3) is 0.538. The number of rotatable bonds is 1. The molecule has 1 unspecified atom stereocenters. The third-order valence-electron chi connectivity index (χ3n) is 3.40. The molecule has 0 saturated carbocycles. The molecule has 1 aliphatic rings. The zero-order valence-electron chi connectivity index (χ0n) is 10.6. The maximum Gasteiger partial charge on any atom is 0.293 e. The average molecular weight is 230 g/mol. The van der Waals surface area contributed by atoms with E-state index in [4.69, 9.17) is 6.57 Å². The van der Waals surface area contributed by atoms with Crippen LogP contribution in [0.1, 0.15) is 12.6 Å². The second kappa shape index (κ2) is 4.72. The van der Waals surface area contributed by atoms with E-state index in [1.807, 2.05) is 19.1 Å². The predicted molar refractivity (Wildman–Crippen MR) is 69.5 cm³/mol. The monoisotopic (exact) mass is 230 g/mol. The van der Waals surface area contributed by atoms with Gasteiger partial charge in [-0.05, 0) is 26.1 Å². The number of hydrogen-bond acceptors (Lipinski definition) is 3. The molecule has 2 rings (SSSR count). The van der Waals surface area contributed by atoms with Gasteiger partial charge in [-0.15, -0.1) is 4.98 Å². The zero-order chi connectivity index (χ0) is 12.4. The van der Waals surface area contributed by atoms with Crippen LogP contribution in [-0.4, -0.2) is 42.6 Å². The second-order valence-corrected chi connectivity index (χ2v) is 4.68. The minimum Gasteiger partial charge on any atom is -0.376 e. The third kappa shape index (κ3) is 2.40. The summed E-state index contributed by atoms with van der Waals surface area (Å²) in [5.41, 5.74) is 1.88. The normalized spacial score (nSPS) is 21.3. The highest BCUT2D eigenvalue weighted by Gasteiger charge is 2.22. The summed E-state index contributed by atoms with van der Waals surface area (Å²) in [6, 6.07) is 4.52. The fourth-order valence-corrected chi connectivity index (χ4v) is 2.13. The van der Waals surface area contributed by atoms with Crippen LogP contribution in [0.2, 0.25) is 0 Å². The van der Waals surface area contributed by atoms with Gasteiger partial charge in [0, 0.05) is 32.6 Å². The molecule has 0 bridgehead atoms. The highest BCUT2D eigenvalue weighted by molar-refractivity contribution is 5.67. The Hall–Kier alpha value is -1.60. The number of likely N-dealkylation sites (N-methyl/N-ethyl adjacent to an activating group) is 1. The highest BCUT2D eigenvalue weighted by atomic mass is 15.3. The number of anilines is 1.